The summed E-state index contributed by atoms with van der Waals surface area (Å²) in [6.07, 6.45) is 0.0438. The lowest BCUT2D eigenvalue weighted by Gasteiger charge is -2.33. The van der Waals surface area contributed by atoms with Gasteiger partial charge in [0, 0.05) is 31.5 Å². The van der Waals surface area contributed by atoms with Crippen LogP contribution in [0, 0.1) is 6.92 Å². The van der Waals surface area contributed by atoms with E-state index < -0.39 is 30.5 Å². The number of aromatic nitrogens is 5. The van der Waals surface area contributed by atoms with Gasteiger partial charge in [-0.05, 0) is 18.6 Å². The van der Waals surface area contributed by atoms with Crippen LogP contribution in [0.3, 0.4) is 0 Å². The standard InChI is InChI=1S/C20H20F4N8O/c1-11-16-17(31(2)14(5-21)18(33)29-16)30-19(28-11)26-7-13-8-27-32(10-13)9-12-3-4-15(25-6-12)20(22,23)24/h3-4,6,8,10,14H,5,7,9H2,1-2H3,(H,29,33)(H,26,28,30)/t14-/m0/s1. The van der Waals surface area contributed by atoms with E-state index in [1.165, 1.54) is 17.2 Å². The zero-order chi connectivity index (χ0) is 23.8. The third kappa shape index (κ3) is 4.71. The van der Waals surface area contributed by atoms with Crippen molar-refractivity contribution in [2.45, 2.75) is 32.2 Å². The highest BCUT2D eigenvalue weighted by Crippen LogP contribution is 2.32. The molecule has 0 saturated carbocycles. The van der Waals surface area contributed by atoms with Crippen molar-refractivity contribution in [1.29, 1.82) is 0 Å². The Morgan fingerprint density at radius 3 is 2.64 bits per heavy atom. The molecule has 174 valence electrons. The number of carbonyl (C=O) groups is 1. The Hall–Kier alpha value is -3.77. The van der Waals surface area contributed by atoms with Crippen molar-refractivity contribution < 1.29 is 22.4 Å². The molecule has 0 bridgehead atoms. The lowest BCUT2D eigenvalue weighted by Crippen LogP contribution is -2.48. The van der Waals surface area contributed by atoms with E-state index in [4.69, 9.17) is 0 Å². The van der Waals surface area contributed by atoms with Gasteiger partial charge in [-0.25, -0.2) is 9.37 Å². The van der Waals surface area contributed by atoms with Crippen LogP contribution in [0.25, 0.3) is 0 Å². The van der Waals surface area contributed by atoms with Gasteiger partial charge >= 0.3 is 6.18 Å². The molecule has 1 aliphatic rings. The molecule has 9 nitrogen and oxygen atoms in total. The molecule has 4 heterocycles. The number of nitrogens with zero attached hydrogens (tertiary/aromatic N) is 6. The van der Waals surface area contributed by atoms with E-state index in [0.717, 1.165) is 11.6 Å². The van der Waals surface area contributed by atoms with Crippen molar-refractivity contribution in [3.8, 4) is 0 Å². The van der Waals surface area contributed by atoms with Gasteiger partial charge in [-0.1, -0.05) is 6.07 Å². The number of carbonyl (C=O) groups excluding carboxylic acids is 1. The summed E-state index contributed by atoms with van der Waals surface area (Å²) in [5.74, 6) is 0.264. The molecule has 2 N–H and O–H groups in total. The van der Waals surface area contributed by atoms with Crippen molar-refractivity contribution >= 4 is 23.4 Å². The number of likely N-dealkylation sites (N-methyl/N-ethyl adjacent to an activating group) is 1. The Bertz CT molecular complexity index is 1160. The highest BCUT2D eigenvalue weighted by atomic mass is 19.4. The highest BCUT2D eigenvalue weighted by Gasteiger charge is 2.33. The van der Waals surface area contributed by atoms with E-state index in [2.05, 4.69) is 30.7 Å². The van der Waals surface area contributed by atoms with E-state index in [1.54, 1.807) is 31.0 Å². The van der Waals surface area contributed by atoms with Crippen molar-refractivity contribution in [2.24, 2.45) is 0 Å². The number of halogens is 4. The SMILES string of the molecule is Cc1nc(NCc2cnn(Cc3ccc(C(F)(F)F)nc3)c2)nc2c1NC(=O)[C@H](CF)N2C. The maximum atomic E-state index is 13.3. The summed E-state index contributed by atoms with van der Waals surface area (Å²) in [6.45, 7) is 1.45. The average Bonchev–Trinajstić information content (AvgIpc) is 3.20. The summed E-state index contributed by atoms with van der Waals surface area (Å²) >= 11 is 0. The van der Waals surface area contributed by atoms with Crippen molar-refractivity contribution in [3.05, 3.63) is 53.2 Å². The fourth-order valence-electron chi connectivity index (χ4n) is 3.38. The zero-order valence-electron chi connectivity index (χ0n) is 17.7. The monoisotopic (exact) mass is 464 g/mol. The van der Waals surface area contributed by atoms with E-state index in [0.29, 0.717) is 35.3 Å². The lowest BCUT2D eigenvalue weighted by molar-refractivity contribution is -0.141. The number of amides is 1. The quantitative estimate of drug-likeness (QED) is 0.541. The molecular formula is C20H20F4N8O. The molecule has 0 radical (unpaired) electrons. The molecule has 4 rings (SSSR count). The van der Waals surface area contributed by atoms with E-state index in [1.807, 2.05) is 0 Å². The van der Waals surface area contributed by atoms with Gasteiger partial charge in [0.15, 0.2) is 5.82 Å². The van der Waals surface area contributed by atoms with E-state index in [-0.39, 0.29) is 6.54 Å². The van der Waals surface area contributed by atoms with E-state index >= 15 is 0 Å². The number of fused-ring (bicyclic) bond motifs is 1. The van der Waals surface area contributed by atoms with Gasteiger partial charge in [-0.15, -0.1) is 0 Å². The van der Waals surface area contributed by atoms with Gasteiger partial charge in [-0.3, -0.25) is 14.5 Å². The van der Waals surface area contributed by atoms with Crippen LogP contribution in [0.5, 0.6) is 0 Å². The molecule has 1 aliphatic heterocycles. The van der Waals surface area contributed by atoms with Crippen molar-refractivity contribution in [1.82, 2.24) is 24.7 Å². The number of rotatable bonds is 6. The molecule has 0 fully saturated rings. The summed E-state index contributed by atoms with van der Waals surface area (Å²) in [5, 5.41) is 9.93. The number of nitrogens with one attached hydrogen (secondary N) is 2. The third-order valence-electron chi connectivity index (χ3n) is 5.17. The molecule has 3 aromatic heterocycles. The predicted octanol–water partition coefficient (Wildman–Crippen LogP) is 2.78. The van der Waals surface area contributed by atoms with Crippen LogP contribution in [0.4, 0.5) is 35.0 Å². The summed E-state index contributed by atoms with van der Waals surface area (Å²) < 4.78 is 52.7. The first-order chi connectivity index (χ1) is 15.7. The van der Waals surface area contributed by atoms with Crippen molar-refractivity contribution in [3.63, 3.8) is 0 Å². The molecule has 1 atom stereocenters. The molecule has 33 heavy (non-hydrogen) atoms. The van der Waals surface area contributed by atoms with Gasteiger partial charge in [0.1, 0.15) is 24.1 Å². The van der Waals surface area contributed by atoms with Crippen LogP contribution in [-0.4, -0.2) is 50.4 Å². The van der Waals surface area contributed by atoms with E-state index in [9.17, 15) is 22.4 Å². The smallest absolute Gasteiger partial charge is 0.350 e. The fourth-order valence-corrected chi connectivity index (χ4v) is 3.38. The first kappa shape index (κ1) is 22.4. The van der Waals surface area contributed by atoms with Crippen LogP contribution in [0.2, 0.25) is 0 Å². The molecule has 0 aliphatic carbocycles. The Balaban J connectivity index is 1.42. The van der Waals surface area contributed by atoms with Gasteiger partial charge in [0.2, 0.25) is 11.9 Å². The minimum Gasteiger partial charge on any atom is -0.350 e. The van der Waals surface area contributed by atoms with Gasteiger partial charge in [-0.2, -0.15) is 23.3 Å². The second-order valence-corrected chi connectivity index (χ2v) is 7.55. The zero-order valence-corrected chi connectivity index (χ0v) is 17.7. The Labute approximate surface area is 185 Å². The van der Waals surface area contributed by atoms with Gasteiger partial charge in [0.05, 0.1) is 18.4 Å². The molecule has 3 aromatic rings. The third-order valence-corrected chi connectivity index (χ3v) is 5.17. The number of alkyl halides is 4. The van der Waals surface area contributed by atoms with Gasteiger partial charge < -0.3 is 15.5 Å². The van der Waals surface area contributed by atoms with Crippen LogP contribution in [0.15, 0.2) is 30.7 Å². The summed E-state index contributed by atoms with van der Waals surface area (Å²) in [5.41, 5.74) is 1.39. The first-order valence-corrected chi connectivity index (χ1v) is 9.91. The molecular weight excluding hydrogens is 444 g/mol. The molecule has 0 spiro atoms. The second kappa shape index (κ2) is 8.64. The maximum absolute atomic E-state index is 13.3. The summed E-state index contributed by atoms with van der Waals surface area (Å²) in [6, 6.07) is 1.33. The molecule has 1 amide bonds. The minimum absolute atomic E-state index is 0.259. The van der Waals surface area contributed by atoms with Crippen LogP contribution < -0.4 is 15.5 Å². The first-order valence-electron chi connectivity index (χ1n) is 9.91. The summed E-state index contributed by atoms with van der Waals surface area (Å²) in [4.78, 5) is 25.7. The summed E-state index contributed by atoms with van der Waals surface area (Å²) in [7, 11) is 1.60. The Morgan fingerprint density at radius 2 is 1.97 bits per heavy atom. The lowest BCUT2D eigenvalue weighted by atomic mass is 10.1. The second-order valence-electron chi connectivity index (χ2n) is 7.55. The largest absolute Gasteiger partial charge is 0.433 e. The molecule has 0 unspecified atom stereocenters. The van der Waals surface area contributed by atoms with Gasteiger partial charge in [0.25, 0.3) is 0 Å². The highest BCUT2D eigenvalue weighted by molar-refractivity contribution is 6.03. The topological polar surface area (TPSA) is 101 Å². The number of anilines is 3. The molecule has 13 heteroatoms. The molecule has 0 saturated heterocycles. The normalized spacial score (nSPS) is 15.9. The Morgan fingerprint density at radius 1 is 1.18 bits per heavy atom. The number of pyridine rings is 1. The van der Waals surface area contributed by atoms with Crippen LogP contribution >= 0.6 is 0 Å². The number of hydrogen-bond donors (Lipinski definition) is 2. The maximum Gasteiger partial charge on any atom is 0.433 e. The fraction of sp³-hybridized carbons (Fsp3) is 0.350. The Kier molecular flexibility index (Phi) is 5.87. The molecule has 0 aromatic carbocycles. The average molecular weight is 464 g/mol. The number of hydrogen-bond acceptors (Lipinski definition) is 7. The van der Waals surface area contributed by atoms with Crippen molar-refractivity contribution in [2.75, 3.05) is 29.3 Å². The van der Waals surface area contributed by atoms with Crippen LogP contribution in [0.1, 0.15) is 22.5 Å². The number of aryl methyl sites for hydroxylation is 1. The predicted molar refractivity (Wildman–Crippen MR) is 111 cm³/mol. The van der Waals surface area contributed by atoms with Crippen LogP contribution in [-0.2, 0) is 24.1 Å². The minimum atomic E-state index is -4.48.